The summed E-state index contributed by atoms with van der Waals surface area (Å²) in [7, 11) is 0. The highest BCUT2D eigenvalue weighted by Gasteiger charge is 2.18. The number of hydrogen-bond acceptors (Lipinski definition) is 4. The smallest absolute Gasteiger partial charge is 0.269 e. The van der Waals surface area contributed by atoms with E-state index in [0.29, 0.717) is 24.2 Å². The molecule has 1 saturated heterocycles. The maximum Gasteiger partial charge on any atom is 0.269 e. The Morgan fingerprint density at radius 3 is 2.62 bits per heavy atom. The molecule has 7 nitrogen and oxygen atoms in total. The number of carbonyl (C=O) groups excluding carboxylic acids is 2. The number of non-ortho nitro benzene ring substituents is 1. The van der Waals surface area contributed by atoms with Crippen LogP contribution < -0.4 is 5.32 Å². The number of amides is 2. The van der Waals surface area contributed by atoms with Gasteiger partial charge in [-0.25, -0.2) is 0 Å². The van der Waals surface area contributed by atoms with Gasteiger partial charge >= 0.3 is 0 Å². The highest BCUT2D eigenvalue weighted by atomic mass is 16.6. The van der Waals surface area contributed by atoms with E-state index in [0.717, 1.165) is 24.9 Å². The van der Waals surface area contributed by atoms with Gasteiger partial charge in [0.15, 0.2) is 0 Å². The zero-order valence-corrected chi connectivity index (χ0v) is 14.2. The topological polar surface area (TPSA) is 92.6 Å². The number of benzene rings is 2. The van der Waals surface area contributed by atoms with Crippen molar-refractivity contribution in [2.24, 2.45) is 0 Å². The average molecular weight is 353 g/mol. The van der Waals surface area contributed by atoms with Crippen LogP contribution in [0.25, 0.3) is 0 Å². The van der Waals surface area contributed by atoms with Crippen LogP contribution in [0.1, 0.15) is 35.2 Å². The van der Waals surface area contributed by atoms with Crippen molar-refractivity contribution in [1.82, 2.24) is 4.90 Å². The minimum Gasteiger partial charge on any atom is -0.338 e. The summed E-state index contributed by atoms with van der Waals surface area (Å²) < 4.78 is 0. The summed E-state index contributed by atoms with van der Waals surface area (Å²) in [6.45, 7) is 1.29. The largest absolute Gasteiger partial charge is 0.338 e. The van der Waals surface area contributed by atoms with Crippen LogP contribution in [0.2, 0.25) is 0 Å². The summed E-state index contributed by atoms with van der Waals surface area (Å²) in [6.07, 6.45) is 2.56. The van der Waals surface area contributed by atoms with E-state index < -0.39 is 4.92 Å². The van der Waals surface area contributed by atoms with Gasteiger partial charge in [-0.2, -0.15) is 0 Å². The maximum absolute atomic E-state index is 12.3. The van der Waals surface area contributed by atoms with Crippen LogP contribution in [0, 0.1) is 10.1 Å². The molecule has 0 spiro atoms. The van der Waals surface area contributed by atoms with E-state index >= 15 is 0 Å². The number of anilines is 1. The number of nitro benzene ring substituents is 1. The Bertz CT molecular complexity index is 833. The number of likely N-dealkylation sites (tertiary alicyclic amines) is 1. The number of rotatable bonds is 5. The zero-order chi connectivity index (χ0) is 18.5. The summed E-state index contributed by atoms with van der Waals surface area (Å²) >= 11 is 0. The molecule has 1 aliphatic rings. The molecule has 1 fully saturated rings. The predicted octanol–water partition coefficient (Wildman–Crippen LogP) is 3.36. The molecule has 0 unspecified atom stereocenters. The summed E-state index contributed by atoms with van der Waals surface area (Å²) in [5.74, 6) is -0.178. The lowest BCUT2D eigenvalue weighted by atomic mass is 10.1. The molecule has 0 saturated carbocycles. The molecular weight excluding hydrogens is 334 g/mol. The number of piperidine rings is 1. The van der Waals surface area contributed by atoms with Crippen molar-refractivity contribution in [3.8, 4) is 0 Å². The van der Waals surface area contributed by atoms with Crippen molar-refractivity contribution in [3.63, 3.8) is 0 Å². The summed E-state index contributed by atoms with van der Waals surface area (Å²) in [6, 6.07) is 12.8. The molecule has 0 atom stereocenters. The first-order valence-corrected chi connectivity index (χ1v) is 8.45. The molecule has 0 radical (unpaired) electrons. The van der Waals surface area contributed by atoms with Gasteiger partial charge in [0.1, 0.15) is 0 Å². The van der Waals surface area contributed by atoms with E-state index in [1.165, 1.54) is 24.3 Å². The van der Waals surface area contributed by atoms with Crippen molar-refractivity contribution >= 4 is 23.2 Å². The lowest BCUT2D eigenvalue weighted by Crippen LogP contribution is -2.34. The molecule has 0 aromatic heterocycles. The molecule has 3 rings (SSSR count). The zero-order valence-electron chi connectivity index (χ0n) is 14.2. The van der Waals surface area contributed by atoms with Crippen LogP contribution >= 0.6 is 0 Å². The second kappa shape index (κ2) is 7.77. The molecule has 2 aromatic rings. The Labute approximate surface area is 150 Å². The lowest BCUT2D eigenvalue weighted by Gasteiger charge is -2.26. The van der Waals surface area contributed by atoms with Crippen LogP contribution in [0.4, 0.5) is 11.4 Å². The quantitative estimate of drug-likeness (QED) is 0.659. The van der Waals surface area contributed by atoms with Crippen molar-refractivity contribution in [2.75, 3.05) is 11.9 Å². The Kier molecular flexibility index (Phi) is 5.26. The number of nitro groups is 1. The molecule has 7 heteroatoms. The van der Waals surface area contributed by atoms with Gasteiger partial charge < -0.3 is 10.2 Å². The van der Waals surface area contributed by atoms with E-state index in [-0.39, 0.29) is 17.5 Å². The monoisotopic (exact) mass is 353 g/mol. The SMILES string of the molecule is O=C(Nc1cccc(CN2CCCCC2=O)c1)c1ccc([N+](=O)[O-])cc1. The highest BCUT2D eigenvalue weighted by molar-refractivity contribution is 6.04. The van der Waals surface area contributed by atoms with Gasteiger partial charge in [0.2, 0.25) is 5.91 Å². The first kappa shape index (κ1) is 17.6. The highest BCUT2D eigenvalue weighted by Crippen LogP contribution is 2.18. The maximum atomic E-state index is 12.3. The number of nitrogens with zero attached hydrogens (tertiary/aromatic N) is 2. The third kappa shape index (κ3) is 4.24. The van der Waals surface area contributed by atoms with Crippen LogP contribution in [0.3, 0.4) is 0 Å². The predicted molar refractivity (Wildman–Crippen MR) is 96.8 cm³/mol. The minimum atomic E-state index is -0.507. The summed E-state index contributed by atoms with van der Waals surface area (Å²) in [4.78, 5) is 36.2. The van der Waals surface area contributed by atoms with Gasteiger partial charge in [0.05, 0.1) is 4.92 Å². The Morgan fingerprint density at radius 2 is 1.92 bits per heavy atom. The van der Waals surface area contributed by atoms with E-state index in [2.05, 4.69) is 5.32 Å². The summed E-state index contributed by atoms with van der Waals surface area (Å²) in [5, 5.41) is 13.5. The fourth-order valence-corrected chi connectivity index (χ4v) is 2.93. The minimum absolute atomic E-state index is 0.0604. The van der Waals surface area contributed by atoms with Gasteiger partial charge in [0, 0.05) is 42.9 Å². The van der Waals surface area contributed by atoms with Crippen LogP contribution in [0.15, 0.2) is 48.5 Å². The number of nitrogens with one attached hydrogen (secondary N) is 1. The molecular formula is C19H19N3O4. The lowest BCUT2D eigenvalue weighted by molar-refractivity contribution is -0.384. The van der Waals surface area contributed by atoms with Crippen molar-refractivity contribution < 1.29 is 14.5 Å². The van der Waals surface area contributed by atoms with Gasteiger partial charge in [0.25, 0.3) is 11.6 Å². The molecule has 1 aliphatic heterocycles. The van der Waals surface area contributed by atoms with Crippen LogP contribution in [-0.4, -0.2) is 28.2 Å². The molecule has 2 aromatic carbocycles. The normalized spacial score (nSPS) is 14.2. The van der Waals surface area contributed by atoms with Crippen molar-refractivity contribution in [1.29, 1.82) is 0 Å². The fraction of sp³-hybridized carbons (Fsp3) is 0.263. The first-order valence-electron chi connectivity index (χ1n) is 8.45. The third-order valence-electron chi connectivity index (χ3n) is 4.32. The molecule has 1 heterocycles. The molecule has 134 valence electrons. The molecule has 0 bridgehead atoms. The number of hydrogen-bond donors (Lipinski definition) is 1. The van der Waals surface area contributed by atoms with Crippen LogP contribution in [-0.2, 0) is 11.3 Å². The van der Waals surface area contributed by atoms with Crippen LogP contribution in [0.5, 0.6) is 0 Å². The summed E-state index contributed by atoms with van der Waals surface area (Å²) in [5.41, 5.74) is 1.85. The van der Waals surface area contributed by atoms with Gasteiger partial charge in [-0.15, -0.1) is 0 Å². The number of carbonyl (C=O) groups is 2. The Hall–Kier alpha value is -3.22. The third-order valence-corrected chi connectivity index (χ3v) is 4.32. The second-order valence-corrected chi connectivity index (χ2v) is 6.23. The Balaban J connectivity index is 1.67. The molecule has 26 heavy (non-hydrogen) atoms. The fourth-order valence-electron chi connectivity index (χ4n) is 2.93. The standard InChI is InChI=1S/C19H19N3O4/c23-18-6-1-2-11-21(18)13-14-4-3-5-16(12-14)20-19(24)15-7-9-17(10-8-15)22(25)26/h3-5,7-10,12H,1-2,6,11,13H2,(H,20,24). The first-order chi connectivity index (χ1) is 12.5. The molecule has 2 amide bonds. The van der Waals surface area contributed by atoms with E-state index in [1.54, 1.807) is 6.07 Å². The van der Waals surface area contributed by atoms with Crippen molar-refractivity contribution in [3.05, 3.63) is 69.8 Å². The second-order valence-electron chi connectivity index (χ2n) is 6.23. The average Bonchev–Trinajstić information content (AvgIpc) is 2.64. The van der Waals surface area contributed by atoms with E-state index in [1.807, 2.05) is 23.1 Å². The molecule has 1 N–H and O–H groups in total. The van der Waals surface area contributed by atoms with Gasteiger partial charge in [-0.05, 0) is 42.7 Å². The molecule has 0 aliphatic carbocycles. The Morgan fingerprint density at radius 1 is 1.15 bits per heavy atom. The van der Waals surface area contributed by atoms with E-state index in [9.17, 15) is 19.7 Å². The van der Waals surface area contributed by atoms with Gasteiger partial charge in [-0.1, -0.05) is 12.1 Å². The van der Waals surface area contributed by atoms with E-state index in [4.69, 9.17) is 0 Å². The van der Waals surface area contributed by atoms with Crippen molar-refractivity contribution in [2.45, 2.75) is 25.8 Å². The van der Waals surface area contributed by atoms with Gasteiger partial charge in [-0.3, -0.25) is 19.7 Å².